The van der Waals surface area contributed by atoms with Crippen molar-refractivity contribution >= 4 is 0 Å². The van der Waals surface area contributed by atoms with Crippen LogP contribution in [0.4, 0.5) is 0 Å². The van der Waals surface area contributed by atoms with E-state index < -0.39 is 0 Å². The monoisotopic (exact) mass is 341 g/mol. The smallest absolute Gasteiger partial charge is 0.163 e. The van der Waals surface area contributed by atoms with Crippen molar-refractivity contribution in [2.75, 3.05) is 0 Å². The number of hydrogen-bond acceptors (Lipinski definition) is 7. The summed E-state index contributed by atoms with van der Waals surface area (Å²) in [4.78, 5) is 30.6. The topological polar surface area (TPSA) is 90.2 Å². The molecule has 1 aromatic carbocycles. The van der Waals surface area contributed by atoms with E-state index in [2.05, 4.69) is 34.9 Å². The summed E-state index contributed by atoms with van der Waals surface area (Å²) in [5, 5.41) is 0. The minimum atomic E-state index is 0.602. The standard InChI is InChI=1S/C19H15N7/c1-12-24-13(2)26-19(25-12)16-10-14(17-20-5-3-6-21-17)9-15(11-16)18-22-7-4-8-23-18/h3-11H,1-2H3. The molecule has 4 aromatic rings. The molecule has 0 bridgehead atoms. The minimum absolute atomic E-state index is 0.602. The van der Waals surface area contributed by atoms with Crippen LogP contribution in [0.25, 0.3) is 34.2 Å². The van der Waals surface area contributed by atoms with E-state index in [-0.39, 0.29) is 0 Å². The summed E-state index contributed by atoms with van der Waals surface area (Å²) in [5.41, 5.74) is 2.54. The maximum absolute atomic E-state index is 4.47. The van der Waals surface area contributed by atoms with Crippen LogP contribution in [0.15, 0.2) is 55.1 Å². The van der Waals surface area contributed by atoms with E-state index >= 15 is 0 Å². The van der Waals surface area contributed by atoms with Crippen LogP contribution in [0, 0.1) is 13.8 Å². The molecule has 4 rings (SSSR count). The molecule has 0 atom stereocenters. The number of aromatic nitrogens is 7. The zero-order valence-electron chi connectivity index (χ0n) is 14.3. The first-order valence-corrected chi connectivity index (χ1v) is 8.08. The lowest BCUT2D eigenvalue weighted by Gasteiger charge is -2.09. The van der Waals surface area contributed by atoms with Crippen LogP contribution in [-0.4, -0.2) is 34.9 Å². The Morgan fingerprint density at radius 1 is 0.500 bits per heavy atom. The first-order chi connectivity index (χ1) is 12.7. The second-order valence-corrected chi connectivity index (χ2v) is 5.70. The van der Waals surface area contributed by atoms with Crippen LogP contribution in [0.2, 0.25) is 0 Å². The van der Waals surface area contributed by atoms with Gasteiger partial charge in [0.2, 0.25) is 0 Å². The molecule has 0 aliphatic carbocycles. The Hall–Kier alpha value is -3.61. The molecule has 0 amide bonds. The number of aryl methyl sites for hydroxylation is 2. The summed E-state index contributed by atoms with van der Waals surface area (Å²) in [6.07, 6.45) is 6.85. The third-order valence-electron chi connectivity index (χ3n) is 3.70. The number of rotatable bonds is 3. The average molecular weight is 341 g/mol. The highest BCUT2D eigenvalue weighted by Crippen LogP contribution is 2.28. The van der Waals surface area contributed by atoms with Crippen molar-refractivity contribution in [3.63, 3.8) is 0 Å². The Kier molecular flexibility index (Phi) is 4.10. The third-order valence-corrected chi connectivity index (χ3v) is 3.70. The molecule has 3 aromatic heterocycles. The molecule has 0 aliphatic rings. The van der Waals surface area contributed by atoms with E-state index in [1.807, 2.05) is 32.0 Å². The van der Waals surface area contributed by atoms with E-state index in [4.69, 9.17) is 0 Å². The molecule has 0 fully saturated rings. The van der Waals surface area contributed by atoms with E-state index in [1.165, 1.54) is 0 Å². The van der Waals surface area contributed by atoms with Crippen molar-refractivity contribution < 1.29 is 0 Å². The van der Waals surface area contributed by atoms with Crippen molar-refractivity contribution in [1.29, 1.82) is 0 Å². The van der Waals surface area contributed by atoms with Gasteiger partial charge in [-0.15, -0.1) is 0 Å². The molecule has 26 heavy (non-hydrogen) atoms. The largest absolute Gasteiger partial charge is 0.237 e. The molecule has 0 saturated heterocycles. The van der Waals surface area contributed by atoms with Gasteiger partial charge in [-0.3, -0.25) is 0 Å². The molecule has 0 radical (unpaired) electrons. The quantitative estimate of drug-likeness (QED) is 0.565. The molecule has 7 heteroatoms. The summed E-state index contributed by atoms with van der Waals surface area (Å²) in [6.45, 7) is 3.70. The van der Waals surface area contributed by atoms with Crippen LogP contribution >= 0.6 is 0 Å². The number of hydrogen-bond donors (Lipinski definition) is 0. The van der Waals surface area contributed by atoms with Gasteiger partial charge in [-0.05, 0) is 44.2 Å². The second kappa shape index (κ2) is 6.72. The van der Waals surface area contributed by atoms with Gasteiger partial charge in [0.25, 0.3) is 0 Å². The maximum atomic E-state index is 4.47. The Labute approximate surface area is 150 Å². The zero-order chi connectivity index (χ0) is 17.9. The zero-order valence-corrected chi connectivity index (χ0v) is 14.3. The Bertz CT molecular complexity index is 972. The van der Waals surface area contributed by atoms with Crippen LogP contribution in [0.5, 0.6) is 0 Å². The predicted octanol–water partition coefficient (Wildman–Crippen LogP) is 3.07. The molecular formula is C19H15N7. The SMILES string of the molecule is Cc1nc(C)nc(-c2cc(-c3ncccn3)cc(-c3ncccn3)c2)n1. The minimum Gasteiger partial charge on any atom is -0.237 e. The van der Waals surface area contributed by atoms with Crippen molar-refractivity contribution in [1.82, 2.24) is 34.9 Å². The van der Waals surface area contributed by atoms with E-state index in [0.717, 1.165) is 16.7 Å². The highest BCUT2D eigenvalue weighted by Gasteiger charge is 2.12. The van der Waals surface area contributed by atoms with Gasteiger partial charge >= 0.3 is 0 Å². The fourth-order valence-electron chi connectivity index (χ4n) is 2.66. The van der Waals surface area contributed by atoms with E-state index in [9.17, 15) is 0 Å². The van der Waals surface area contributed by atoms with Gasteiger partial charge in [0.05, 0.1) is 0 Å². The van der Waals surface area contributed by atoms with Crippen molar-refractivity contribution in [2.24, 2.45) is 0 Å². The van der Waals surface area contributed by atoms with Gasteiger partial charge in [0, 0.05) is 41.5 Å². The average Bonchev–Trinajstić information content (AvgIpc) is 2.68. The first-order valence-electron chi connectivity index (χ1n) is 8.08. The molecule has 7 nitrogen and oxygen atoms in total. The van der Waals surface area contributed by atoms with Crippen molar-refractivity contribution in [3.05, 3.63) is 66.8 Å². The first kappa shape index (κ1) is 15.9. The third kappa shape index (κ3) is 3.27. The molecule has 0 N–H and O–H groups in total. The van der Waals surface area contributed by atoms with Gasteiger partial charge < -0.3 is 0 Å². The van der Waals surface area contributed by atoms with E-state index in [0.29, 0.717) is 29.1 Å². The maximum Gasteiger partial charge on any atom is 0.163 e. The van der Waals surface area contributed by atoms with Gasteiger partial charge in [-0.25, -0.2) is 34.9 Å². The summed E-state index contributed by atoms with van der Waals surface area (Å²) < 4.78 is 0. The van der Waals surface area contributed by atoms with Gasteiger partial charge in [-0.1, -0.05) is 0 Å². The predicted molar refractivity (Wildman–Crippen MR) is 96.8 cm³/mol. The molecule has 3 heterocycles. The van der Waals surface area contributed by atoms with Gasteiger partial charge in [0.1, 0.15) is 11.6 Å². The summed E-state index contributed by atoms with van der Waals surface area (Å²) in [6, 6.07) is 9.47. The lowest BCUT2D eigenvalue weighted by atomic mass is 10.0. The lowest BCUT2D eigenvalue weighted by molar-refractivity contribution is 0.928. The lowest BCUT2D eigenvalue weighted by Crippen LogP contribution is -2.00. The van der Waals surface area contributed by atoms with Crippen LogP contribution in [-0.2, 0) is 0 Å². The Morgan fingerprint density at radius 2 is 0.885 bits per heavy atom. The molecule has 0 saturated carbocycles. The Morgan fingerprint density at radius 3 is 1.31 bits per heavy atom. The highest BCUT2D eigenvalue weighted by atomic mass is 15.0. The molecule has 0 unspecified atom stereocenters. The molecule has 0 spiro atoms. The summed E-state index contributed by atoms with van der Waals surface area (Å²) in [7, 11) is 0. The van der Waals surface area contributed by atoms with Crippen molar-refractivity contribution in [3.8, 4) is 34.2 Å². The van der Waals surface area contributed by atoms with Crippen molar-refractivity contribution in [2.45, 2.75) is 13.8 Å². The van der Waals surface area contributed by atoms with Gasteiger partial charge in [0.15, 0.2) is 17.5 Å². The van der Waals surface area contributed by atoms with Crippen LogP contribution in [0.1, 0.15) is 11.6 Å². The van der Waals surface area contributed by atoms with E-state index in [1.54, 1.807) is 36.9 Å². The normalized spacial score (nSPS) is 10.7. The molecule has 126 valence electrons. The highest BCUT2D eigenvalue weighted by molar-refractivity contribution is 5.74. The molecular weight excluding hydrogens is 326 g/mol. The van der Waals surface area contributed by atoms with Gasteiger partial charge in [-0.2, -0.15) is 0 Å². The second-order valence-electron chi connectivity index (χ2n) is 5.70. The molecule has 0 aliphatic heterocycles. The fourth-order valence-corrected chi connectivity index (χ4v) is 2.66. The summed E-state index contributed by atoms with van der Waals surface area (Å²) in [5.74, 6) is 3.19. The fraction of sp³-hybridized carbons (Fsp3) is 0.105. The Balaban J connectivity index is 1.93. The summed E-state index contributed by atoms with van der Waals surface area (Å²) >= 11 is 0. The van der Waals surface area contributed by atoms with Crippen LogP contribution in [0.3, 0.4) is 0 Å². The number of benzene rings is 1. The number of nitrogens with zero attached hydrogens (tertiary/aromatic N) is 7. The van der Waals surface area contributed by atoms with Crippen LogP contribution < -0.4 is 0 Å².